The van der Waals surface area contributed by atoms with Gasteiger partial charge in [0.1, 0.15) is 0 Å². The standard InChI is InChI=1S/C13H18O/c1-9-5-10(2)7-11(6-9)8-13(14)12-3-4-12/h5-7,12-14H,3-4,8H2,1-2H3. The normalized spacial score (nSPS) is 18.2. The van der Waals surface area contributed by atoms with E-state index in [9.17, 15) is 5.11 Å². The fourth-order valence-electron chi connectivity index (χ4n) is 2.08. The third kappa shape index (κ3) is 2.36. The van der Waals surface area contributed by atoms with E-state index in [1.165, 1.54) is 29.5 Å². The number of rotatable bonds is 3. The van der Waals surface area contributed by atoms with Gasteiger partial charge in [-0.2, -0.15) is 0 Å². The highest BCUT2D eigenvalue weighted by Crippen LogP contribution is 2.34. The zero-order valence-electron chi connectivity index (χ0n) is 8.96. The van der Waals surface area contributed by atoms with Gasteiger partial charge in [-0.05, 0) is 44.6 Å². The SMILES string of the molecule is Cc1cc(C)cc(CC(O)C2CC2)c1. The van der Waals surface area contributed by atoms with Crippen molar-refractivity contribution >= 4 is 0 Å². The Kier molecular flexibility index (Phi) is 2.60. The Morgan fingerprint density at radius 1 is 1.21 bits per heavy atom. The van der Waals surface area contributed by atoms with Crippen molar-refractivity contribution in [2.45, 2.75) is 39.2 Å². The summed E-state index contributed by atoms with van der Waals surface area (Å²) in [5, 5.41) is 9.82. The second-order valence-electron chi connectivity index (χ2n) is 4.60. The minimum Gasteiger partial charge on any atom is -0.392 e. The van der Waals surface area contributed by atoms with Gasteiger partial charge in [0, 0.05) is 0 Å². The molecule has 0 spiro atoms. The summed E-state index contributed by atoms with van der Waals surface area (Å²) in [7, 11) is 0. The molecule has 1 aliphatic rings. The molecule has 2 rings (SSSR count). The van der Waals surface area contributed by atoms with Crippen molar-refractivity contribution in [2.24, 2.45) is 5.92 Å². The summed E-state index contributed by atoms with van der Waals surface area (Å²) < 4.78 is 0. The number of hydrogen-bond acceptors (Lipinski definition) is 1. The highest BCUT2D eigenvalue weighted by Gasteiger charge is 2.29. The van der Waals surface area contributed by atoms with Crippen LogP contribution in [-0.4, -0.2) is 11.2 Å². The van der Waals surface area contributed by atoms with Crippen LogP contribution in [0.4, 0.5) is 0 Å². The lowest BCUT2D eigenvalue weighted by Crippen LogP contribution is -2.12. The third-order valence-corrected chi connectivity index (χ3v) is 2.89. The number of aliphatic hydroxyl groups excluding tert-OH is 1. The lowest BCUT2D eigenvalue weighted by molar-refractivity contribution is 0.151. The topological polar surface area (TPSA) is 20.2 Å². The molecule has 0 heterocycles. The summed E-state index contributed by atoms with van der Waals surface area (Å²) >= 11 is 0. The molecule has 0 saturated heterocycles. The molecule has 1 aromatic rings. The van der Waals surface area contributed by atoms with E-state index in [0.29, 0.717) is 5.92 Å². The van der Waals surface area contributed by atoms with E-state index in [4.69, 9.17) is 0 Å². The smallest absolute Gasteiger partial charge is 0.0608 e. The van der Waals surface area contributed by atoms with E-state index in [1.54, 1.807) is 0 Å². The van der Waals surface area contributed by atoms with Gasteiger partial charge >= 0.3 is 0 Å². The van der Waals surface area contributed by atoms with Gasteiger partial charge in [-0.3, -0.25) is 0 Å². The average molecular weight is 190 g/mol. The maximum Gasteiger partial charge on any atom is 0.0608 e. The Morgan fingerprint density at radius 2 is 1.79 bits per heavy atom. The van der Waals surface area contributed by atoms with Gasteiger partial charge in [-0.15, -0.1) is 0 Å². The average Bonchev–Trinajstić information content (AvgIpc) is 2.82. The number of benzene rings is 1. The molecular formula is C13H18O. The lowest BCUT2D eigenvalue weighted by Gasteiger charge is -2.10. The van der Waals surface area contributed by atoms with Crippen molar-refractivity contribution < 1.29 is 5.11 Å². The minimum absolute atomic E-state index is 0.115. The van der Waals surface area contributed by atoms with E-state index in [1.807, 2.05) is 0 Å². The molecular weight excluding hydrogens is 172 g/mol. The molecule has 76 valence electrons. The van der Waals surface area contributed by atoms with Gasteiger partial charge in [0.15, 0.2) is 0 Å². The van der Waals surface area contributed by atoms with Gasteiger partial charge in [0.2, 0.25) is 0 Å². The molecule has 1 aliphatic carbocycles. The first-order chi connectivity index (χ1) is 6.65. The molecule has 1 atom stereocenters. The molecule has 1 N–H and O–H groups in total. The summed E-state index contributed by atoms with van der Waals surface area (Å²) in [6, 6.07) is 6.53. The molecule has 0 bridgehead atoms. The van der Waals surface area contributed by atoms with Crippen molar-refractivity contribution in [3.05, 3.63) is 34.9 Å². The van der Waals surface area contributed by atoms with E-state index >= 15 is 0 Å². The maximum atomic E-state index is 9.82. The molecule has 1 heteroatoms. The van der Waals surface area contributed by atoms with Crippen LogP contribution in [0.1, 0.15) is 29.5 Å². The quantitative estimate of drug-likeness (QED) is 0.776. The molecule has 1 fully saturated rings. The Bertz CT molecular complexity index is 306. The Hall–Kier alpha value is -0.820. The summed E-state index contributed by atoms with van der Waals surface area (Å²) in [6.45, 7) is 4.22. The maximum absolute atomic E-state index is 9.82. The fourth-order valence-corrected chi connectivity index (χ4v) is 2.08. The van der Waals surface area contributed by atoms with Crippen LogP contribution in [0.15, 0.2) is 18.2 Å². The first-order valence-corrected chi connectivity index (χ1v) is 5.40. The fraction of sp³-hybridized carbons (Fsp3) is 0.538. The number of hydrogen-bond donors (Lipinski definition) is 1. The zero-order valence-corrected chi connectivity index (χ0v) is 8.96. The molecule has 1 nitrogen and oxygen atoms in total. The van der Waals surface area contributed by atoms with Crippen LogP contribution in [0.2, 0.25) is 0 Å². The van der Waals surface area contributed by atoms with Crippen molar-refractivity contribution in [2.75, 3.05) is 0 Å². The van der Waals surface area contributed by atoms with E-state index in [2.05, 4.69) is 32.0 Å². The highest BCUT2D eigenvalue weighted by molar-refractivity contribution is 5.29. The first-order valence-electron chi connectivity index (χ1n) is 5.40. The molecule has 0 aliphatic heterocycles. The molecule has 0 radical (unpaired) electrons. The molecule has 1 saturated carbocycles. The number of aliphatic hydroxyl groups is 1. The van der Waals surface area contributed by atoms with Crippen LogP contribution in [-0.2, 0) is 6.42 Å². The molecule has 0 amide bonds. The zero-order chi connectivity index (χ0) is 10.1. The van der Waals surface area contributed by atoms with Crippen LogP contribution in [0.3, 0.4) is 0 Å². The number of aryl methyl sites for hydroxylation is 2. The predicted octanol–water partition coefficient (Wildman–Crippen LogP) is 2.62. The summed E-state index contributed by atoms with van der Waals surface area (Å²) in [5.74, 6) is 0.579. The predicted molar refractivity (Wildman–Crippen MR) is 58.4 cm³/mol. The van der Waals surface area contributed by atoms with Crippen LogP contribution in [0.25, 0.3) is 0 Å². The second kappa shape index (κ2) is 3.74. The molecule has 1 aromatic carbocycles. The van der Waals surface area contributed by atoms with Gasteiger partial charge in [0.05, 0.1) is 6.10 Å². The van der Waals surface area contributed by atoms with E-state index in [0.717, 1.165) is 6.42 Å². The van der Waals surface area contributed by atoms with Crippen LogP contribution in [0.5, 0.6) is 0 Å². The van der Waals surface area contributed by atoms with Gasteiger partial charge in [-0.25, -0.2) is 0 Å². The van der Waals surface area contributed by atoms with Crippen molar-refractivity contribution in [1.82, 2.24) is 0 Å². The van der Waals surface area contributed by atoms with E-state index in [-0.39, 0.29) is 6.10 Å². The Labute approximate surface area is 85.8 Å². The highest BCUT2D eigenvalue weighted by atomic mass is 16.3. The monoisotopic (exact) mass is 190 g/mol. The molecule has 14 heavy (non-hydrogen) atoms. The van der Waals surface area contributed by atoms with Crippen molar-refractivity contribution in [1.29, 1.82) is 0 Å². The Balaban J connectivity index is 2.07. The third-order valence-electron chi connectivity index (χ3n) is 2.89. The van der Waals surface area contributed by atoms with Gasteiger partial charge < -0.3 is 5.11 Å². The summed E-state index contributed by atoms with van der Waals surface area (Å²) in [5.41, 5.74) is 3.87. The molecule has 1 unspecified atom stereocenters. The lowest BCUT2D eigenvalue weighted by atomic mass is 10.0. The van der Waals surface area contributed by atoms with Crippen molar-refractivity contribution in [3.63, 3.8) is 0 Å². The first kappa shape index (κ1) is 9.72. The molecule has 0 aromatic heterocycles. The van der Waals surface area contributed by atoms with Gasteiger partial charge in [0.25, 0.3) is 0 Å². The Morgan fingerprint density at radius 3 is 2.29 bits per heavy atom. The van der Waals surface area contributed by atoms with E-state index < -0.39 is 0 Å². The van der Waals surface area contributed by atoms with Gasteiger partial charge in [-0.1, -0.05) is 29.3 Å². The largest absolute Gasteiger partial charge is 0.392 e. The van der Waals surface area contributed by atoms with Crippen molar-refractivity contribution in [3.8, 4) is 0 Å². The van der Waals surface area contributed by atoms with Crippen LogP contribution < -0.4 is 0 Å². The second-order valence-corrected chi connectivity index (χ2v) is 4.60. The summed E-state index contributed by atoms with van der Waals surface area (Å²) in [4.78, 5) is 0. The minimum atomic E-state index is -0.115. The van der Waals surface area contributed by atoms with Crippen LogP contribution >= 0.6 is 0 Å². The summed E-state index contributed by atoms with van der Waals surface area (Å²) in [6.07, 6.45) is 3.14. The van der Waals surface area contributed by atoms with Crippen LogP contribution in [0, 0.1) is 19.8 Å².